The minimum atomic E-state index is -5.71. The average Bonchev–Trinajstić information content (AvgIpc) is 2.26. The summed E-state index contributed by atoms with van der Waals surface area (Å²) < 4.78 is 62.7. The zero-order chi connectivity index (χ0) is 14.3. The highest BCUT2D eigenvalue weighted by atomic mass is 35.5. The second-order valence-corrected chi connectivity index (χ2v) is 5.43. The van der Waals surface area contributed by atoms with E-state index in [9.17, 15) is 21.6 Å². The molecule has 4 nitrogen and oxygen atoms in total. The third-order valence-electron chi connectivity index (χ3n) is 2.15. The summed E-state index contributed by atoms with van der Waals surface area (Å²) in [5, 5.41) is 0.426. The fraction of sp³-hybridized carbons (Fsp3) is 0.100. The molecule has 0 atom stereocenters. The van der Waals surface area contributed by atoms with Crippen LogP contribution in [0.25, 0.3) is 10.9 Å². The topological polar surface area (TPSA) is 56.3 Å². The first-order chi connectivity index (χ1) is 8.71. The molecule has 0 aliphatic heterocycles. The van der Waals surface area contributed by atoms with E-state index < -0.39 is 21.4 Å². The van der Waals surface area contributed by atoms with Gasteiger partial charge in [-0.25, -0.2) is 0 Å². The van der Waals surface area contributed by atoms with Gasteiger partial charge < -0.3 is 4.18 Å². The Morgan fingerprint density at radius 1 is 1.21 bits per heavy atom. The van der Waals surface area contributed by atoms with E-state index in [0.29, 0.717) is 5.02 Å². The number of pyridine rings is 1. The Morgan fingerprint density at radius 2 is 1.89 bits per heavy atom. The summed E-state index contributed by atoms with van der Waals surface area (Å²) in [4.78, 5) is 3.85. The Bertz CT molecular complexity index is 730. The highest BCUT2D eigenvalue weighted by Crippen LogP contribution is 2.31. The summed E-state index contributed by atoms with van der Waals surface area (Å²) in [6.07, 6.45) is 1.12. The third kappa shape index (κ3) is 2.74. The van der Waals surface area contributed by atoms with Crippen LogP contribution in [0.3, 0.4) is 0 Å². The molecule has 0 aliphatic carbocycles. The fourth-order valence-corrected chi connectivity index (χ4v) is 1.98. The molecule has 1 heterocycles. The molecule has 0 bridgehead atoms. The summed E-state index contributed by atoms with van der Waals surface area (Å²) in [6, 6.07) is 5.12. The lowest BCUT2D eigenvalue weighted by molar-refractivity contribution is -0.0499. The lowest BCUT2D eigenvalue weighted by Crippen LogP contribution is -2.28. The van der Waals surface area contributed by atoms with Crippen molar-refractivity contribution in [3.63, 3.8) is 0 Å². The number of hydrogen-bond acceptors (Lipinski definition) is 4. The molecule has 0 N–H and O–H groups in total. The Hall–Kier alpha value is -1.54. The van der Waals surface area contributed by atoms with Crippen LogP contribution in [-0.4, -0.2) is 18.9 Å². The van der Waals surface area contributed by atoms with E-state index in [1.165, 1.54) is 18.2 Å². The maximum atomic E-state index is 12.2. The van der Waals surface area contributed by atoms with Crippen molar-refractivity contribution in [2.75, 3.05) is 0 Å². The largest absolute Gasteiger partial charge is 0.534 e. The summed E-state index contributed by atoms with van der Waals surface area (Å²) in [6.45, 7) is 0. The molecule has 9 heteroatoms. The average molecular weight is 312 g/mol. The van der Waals surface area contributed by atoms with Gasteiger partial charge in [-0.2, -0.15) is 21.6 Å². The van der Waals surface area contributed by atoms with Crippen molar-refractivity contribution in [2.45, 2.75) is 5.51 Å². The monoisotopic (exact) mass is 311 g/mol. The first kappa shape index (κ1) is 13.9. The van der Waals surface area contributed by atoms with Gasteiger partial charge in [0.1, 0.15) is 0 Å². The molecule has 1 aromatic heterocycles. The number of halogens is 4. The summed E-state index contributed by atoms with van der Waals surface area (Å²) in [5.74, 6) is -0.459. The van der Waals surface area contributed by atoms with Gasteiger partial charge in [-0.05, 0) is 18.2 Å². The second-order valence-electron chi connectivity index (χ2n) is 3.45. The van der Waals surface area contributed by atoms with Crippen LogP contribution in [0.15, 0.2) is 30.5 Å². The van der Waals surface area contributed by atoms with Crippen molar-refractivity contribution < 1.29 is 25.8 Å². The third-order valence-corrected chi connectivity index (χ3v) is 3.35. The Kier molecular flexibility index (Phi) is 3.31. The first-order valence-corrected chi connectivity index (χ1v) is 6.54. The van der Waals surface area contributed by atoms with Gasteiger partial charge in [0.15, 0.2) is 5.75 Å². The van der Waals surface area contributed by atoms with Gasteiger partial charge in [-0.3, -0.25) is 4.98 Å². The molecule has 0 fully saturated rings. The number of fused-ring (bicyclic) bond motifs is 1. The van der Waals surface area contributed by atoms with Crippen LogP contribution in [0.4, 0.5) is 13.2 Å². The minimum absolute atomic E-state index is 0.111. The SMILES string of the molecule is O=S(=O)(Oc1ccnc2cc(Cl)ccc12)C(F)(F)F. The number of nitrogens with zero attached hydrogens (tertiary/aromatic N) is 1. The molecular weight excluding hydrogens is 307 g/mol. The molecule has 0 radical (unpaired) electrons. The van der Waals surface area contributed by atoms with Crippen LogP contribution in [0.5, 0.6) is 5.75 Å². The molecule has 0 unspecified atom stereocenters. The van der Waals surface area contributed by atoms with Crippen LogP contribution < -0.4 is 4.18 Å². The molecule has 2 aromatic rings. The molecule has 0 aliphatic rings. The van der Waals surface area contributed by atoms with Crippen molar-refractivity contribution in [2.24, 2.45) is 0 Å². The lowest BCUT2D eigenvalue weighted by Gasteiger charge is -2.11. The molecule has 1 aromatic carbocycles. The highest BCUT2D eigenvalue weighted by molar-refractivity contribution is 7.88. The maximum Gasteiger partial charge on any atom is 0.534 e. The molecule has 0 saturated carbocycles. The van der Waals surface area contributed by atoms with Crippen molar-refractivity contribution in [1.82, 2.24) is 4.98 Å². The predicted octanol–water partition coefficient (Wildman–Crippen LogP) is 3.12. The van der Waals surface area contributed by atoms with Crippen LogP contribution in [-0.2, 0) is 10.1 Å². The normalized spacial score (nSPS) is 12.6. The zero-order valence-electron chi connectivity index (χ0n) is 8.98. The van der Waals surface area contributed by atoms with Gasteiger partial charge in [-0.1, -0.05) is 11.6 Å². The summed E-state index contributed by atoms with van der Waals surface area (Å²) >= 11 is 5.70. The lowest BCUT2D eigenvalue weighted by atomic mass is 10.2. The number of hydrogen-bond donors (Lipinski definition) is 0. The summed E-state index contributed by atoms with van der Waals surface area (Å²) in [7, 11) is -5.71. The molecule has 2 rings (SSSR count). The minimum Gasteiger partial charge on any atom is -0.375 e. The van der Waals surface area contributed by atoms with Gasteiger partial charge in [0.05, 0.1) is 5.52 Å². The van der Waals surface area contributed by atoms with Crippen LogP contribution in [0, 0.1) is 0 Å². The molecular formula is C10H5ClF3NO3S. The van der Waals surface area contributed by atoms with E-state index in [4.69, 9.17) is 11.6 Å². The standard InChI is InChI=1S/C10H5ClF3NO3S/c11-6-1-2-7-8(5-6)15-4-3-9(7)18-19(16,17)10(12,13)14/h1-5H. The number of aromatic nitrogens is 1. The van der Waals surface area contributed by atoms with Crippen LogP contribution in [0.2, 0.25) is 5.02 Å². The maximum absolute atomic E-state index is 12.2. The second kappa shape index (κ2) is 4.53. The van der Waals surface area contributed by atoms with Gasteiger partial charge in [0, 0.05) is 22.7 Å². The first-order valence-electron chi connectivity index (χ1n) is 4.76. The summed E-state index contributed by atoms with van der Waals surface area (Å²) in [5.41, 5.74) is -5.27. The molecule has 0 spiro atoms. The van der Waals surface area contributed by atoms with Crippen LogP contribution >= 0.6 is 11.6 Å². The molecule has 0 saturated heterocycles. The van der Waals surface area contributed by atoms with Crippen molar-refractivity contribution in [3.8, 4) is 5.75 Å². The van der Waals surface area contributed by atoms with E-state index in [0.717, 1.165) is 12.3 Å². The Balaban J connectivity index is 2.53. The van der Waals surface area contributed by atoms with Crippen molar-refractivity contribution in [1.29, 1.82) is 0 Å². The van der Waals surface area contributed by atoms with Gasteiger partial charge in [-0.15, -0.1) is 0 Å². The number of benzene rings is 1. The highest BCUT2D eigenvalue weighted by Gasteiger charge is 2.48. The Labute approximate surface area is 110 Å². The molecule has 102 valence electrons. The van der Waals surface area contributed by atoms with Crippen molar-refractivity contribution in [3.05, 3.63) is 35.5 Å². The van der Waals surface area contributed by atoms with Crippen molar-refractivity contribution >= 4 is 32.6 Å². The molecule has 0 amide bonds. The van der Waals surface area contributed by atoms with E-state index in [1.807, 2.05) is 0 Å². The number of alkyl halides is 3. The van der Waals surface area contributed by atoms with Crippen LogP contribution in [0.1, 0.15) is 0 Å². The number of rotatable bonds is 2. The van der Waals surface area contributed by atoms with Gasteiger partial charge in [0.25, 0.3) is 0 Å². The predicted molar refractivity (Wildman–Crippen MR) is 62.4 cm³/mol. The fourth-order valence-electron chi connectivity index (χ4n) is 1.33. The zero-order valence-corrected chi connectivity index (χ0v) is 10.6. The van der Waals surface area contributed by atoms with E-state index in [2.05, 4.69) is 9.17 Å². The van der Waals surface area contributed by atoms with E-state index >= 15 is 0 Å². The van der Waals surface area contributed by atoms with Gasteiger partial charge >= 0.3 is 15.6 Å². The van der Waals surface area contributed by atoms with E-state index in [-0.39, 0.29) is 10.9 Å². The van der Waals surface area contributed by atoms with Gasteiger partial charge in [0.2, 0.25) is 0 Å². The van der Waals surface area contributed by atoms with E-state index in [1.54, 1.807) is 0 Å². The smallest absolute Gasteiger partial charge is 0.375 e. The Morgan fingerprint density at radius 3 is 2.53 bits per heavy atom. The quantitative estimate of drug-likeness (QED) is 0.631. The molecule has 19 heavy (non-hydrogen) atoms.